The average Bonchev–Trinajstić information content (AvgIpc) is 3.27. The van der Waals surface area contributed by atoms with Gasteiger partial charge in [-0.05, 0) is 50.6 Å². The summed E-state index contributed by atoms with van der Waals surface area (Å²) in [5.41, 5.74) is 4.60. The summed E-state index contributed by atoms with van der Waals surface area (Å²) in [6, 6.07) is 10.7. The van der Waals surface area contributed by atoms with Crippen LogP contribution in [0.2, 0.25) is 5.02 Å². The summed E-state index contributed by atoms with van der Waals surface area (Å²) >= 11 is 7.84. The van der Waals surface area contributed by atoms with Crippen LogP contribution >= 0.6 is 22.9 Å². The Kier molecular flexibility index (Phi) is 5.55. The van der Waals surface area contributed by atoms with Gasteiger partial charge in [-0.3, -0.25) is 19.3 Å². The number of hydrogen-bond donors (Lipinski definition) is 1. The van der Waals surface area contributed by atoms with Gasteiger partial charge in [-0.15, -0.1) is 21.5 Å². The summed E-state index contributed by atoms with van der Waals surface area (Å²) in [5.74, 6) is 1.25. The van der Waals surface area contributed by atoms with Crippen molar-refractivity contribution in [2.75, 3.05) is 5.32 Å². The molecule has 1 amide bonds. The third-order valence-electron chi connectivity index (χ3n) is 5.68. The molecule has 4 heterocycles. The van der Waals surface area contributed by atoms with E-state index in [2.05, 4.69) is 34.3 Å². The SMILES string of the molecule is Cc1sc2c(c1C)C(c1ccc(Cl)cc1)=NC(CC(=O)Nc1cccnc1)c1nnc(C)n1-2. The lowest BCUT2D eigenvalue weighted by atomic mass is 9.99. The molecule has 4 aromatic rings. The molecule has 9 heteroatoms. The van der Waals surface area contributed by atoms with Crippen LogP contribution in [0.15, 0.2) is 53.8 Å². The minimum Gasteiger partial charge on any atom is -0.325 e. The highest BCUT2D eigenvalue weighted by atomic mass is 35.5. The third-order valence-corrected chi connectivity index (χ3v) is 7.13. The second-order valence-corrected chi connectivity index (χ2v) is 9.54. The molecular formula is C24H21ClN6OS. The van der Waals surface area contributed by atoms with Crippen molar-refractivity contribution in [3.05, 3.63) is 87.0 Å². The van der Waals surface area contributed by atoms with E-state index in [-0.39, 0.29) is 12.3 Å². The smallest absolute Gasteiger partial charge is 0.227 e. The number of pyridine rings is 1. The normalized spacial score (nSPS) is 14.8. The fourth-order valence-electron chi connectivity index (χ4n) is 3.96. The van der Waals surface area contributed by atoms with Gasteiger partial charge in [0.05, 0.1) is 24.0 Å². The molecule has 1 N–H and O–H groups in total. The standard InChI is InChI=1S/C24H21ClN6OS/c1-13-14(2)33-24-21(13)22(16-6-8-17(25)9-7-16)28-19(23-30-29-15(3)31(23)24)11-20(32)27-18-5-4-10-26-12-18/h4-10,12,19H,11H2,1-3H3,(H,27,32). The number of fused-ring (bicyclic) bond motifs is 3. The molecule has 0 bridgehead atoms. The summed E-state index contributed by atoms with van der Waals surface area (Å²) in [6.07, 6.45) is 3.40. The Hall–Kier alpha value is -3.36. The first-order valence-corrected chi connectivity index (χ1v) is 11.7. The number of halogens is 1. The van der Waals surface area contributed by atoms with Crippen LogP contribution in [-0.2, 0) is 4.79 Å². The maximum absolute atomic E-state index is 12.9. The predicted molar refractivity (Wildman–Crippen MR) is 131 cm³/mol. The number of aromatic nitrogens is 4. The number of aliphatic imine (C=N–C) groups is 1. The molecule has 1 unspecified atom stereocenters. The molecule has 5 rings (SSSR count). The highest BCUT2D eigenvalue weighted by Gasteiger charge is 2.32. The van der Waals surface area contributed by atoms with Crippen molar-refractivity contribution in [2.45, 2.75) is 33.2 Å². The van der Waals surface area contributed by atoms with Crippen molar-refractivity contribution in [2.24, 2.45) is 4.99 Å². The number of amides is 1. The molecule has 1 aliphatic heterocycles. The molecule has 0 fully saturated rings. The van der Waals surface area contributed by atoms with E-state index >= 15 is 0 Å². The van der Waals surface area contributed by atoms with Crippen molar-refractivity contribution in [3.8, 4) is 5.00 Å². The van der Waals surface area contributed by atoms with Crippen molar-refractivity contribution in [1.29, 1.82) is 0 Å². The lowest BCUT2D eigenvalue weighted by molar-refractivity contribution is -0.116. The predicted octanol–water partition coefficient (Wildman–Crippen LogP) is 5.22. The van der Waals surface area contributed by atoms with Gasteiger partial charge in [-0.2, -0.15) is 0 Å². The zero-order valence-corrected chi connectivity index (χ0v) is 19.9. The molecule has 0 saturated heterocycles. The number of rotatable bonds is 4. The van der Waals surface area contributed by atoms with Crippen molar-refractivity contribution >= 4 is 40.2 Å². The lowest BCUT2D eigenvalue weighted by Crippen LogP contribution is -2.17. The Labute approximate surface area is 200 Å². The number of aryl methyl sites for hydroxylation is 2. The summed E-state index contributed by atoms with van der Waals surface area (Å²) in [6.45, 7) is 6.13. The number of hydrogen-bond acceptors (Lipinski definition) is 6. The number of nitrogens with one attached hydrogen (secondary N) is 1. The summed E-state index contributed by atoms with van der Waals surface area (Å²) < 4.78 is 2.04. The van der Waals surface area contributed by atoms with Crippen LogP contribution in [0.1, 0.15) is 45.7 Å². The van der Waals surface area contributed by atoms with E-state index in [4.69, 9.17) is 16.6 Å². The van der Waals surface area contributed by atoms with Crippen molar-refractivity contribution < 1.29 is 4.79 Å². The number of nitrogens with zero attached hydrogens (tertiary/aromatic N) is 5. The summed E-state index contributed by atoms with van der Waals surface area (Å²) in [7, 11) is 0. The van der Waals surface area contributed by atoms with E-state index in [1.807, 2.05) is 35.8 Å². The maximum atomic E-state index is 12.9. The molecule has 0 radical (unpaired) electrons. The molecule has 0 aliphatic carbocycles. The van der Waals surface area contributed by atoms with Gasteiger partial charge in [0.2, 0.25) is 5.91 Å². The summed E-state index contributed by atoms with van der Waals surface area (Å²) in [4.78, 5) is 23.3. The zero-order valence-electron chi connectivity index (χ0n) is 18.3. The Morgan fingerprint density at radius 3 is 2.67 bits per heavy atom. The quantitative estimate of drug-likeness (QED) is 0.437. The van der Waals surface area contributed by atoms with Gasteiger partial charge in [0.15, 0.2) is 5.82 Å². The Balaban J connectivity index is 1.64. The first-order valence-electron chi connectivity index (χ1n) is 10.5. The average molecular weight is 477 g/mol. The van der Waals surface area contributed by atoms with Gasteiger partial charge >= 0.3 is 0 Å². The topological polar surface area (TPSA) is 85.1 Å². The number of anilines is 1. The molecule has 1 atom stereocenters. The van der Waals surface area contributed by atoms with Gasteiger partial charge in [-0.25, -0.2) is 0 Å². The molecule has 3 aromatic heterocycles. The minimum atomic E-state index is -0.507. The van der Waals surface area contributed by atoms with E-state index in [9.17, 15) is 4.79 Å². The summed E-state index contributed by atoms with van der Waals surface area (Å²) in [5, 5.41) is 13.3. The highest BCUT2D eigenvalue weighted by Crippen LogP contribution is 2.39. The Morgan fingerprint density at radius 1 is 1.15 bits per heavy atom. The van der Waals surface area contributed by atoms with E-state index in [1.54, 1.807) is 35.9 Å². The van der Waals surface area contributed by atoms with Crippen LogP contribution in [0.3, 0.4) is 0 Å². The number of benzene rings is 1. The van der Waals surface area contributed by atoms with Crippen molar-refractivity contribution in [1.82, 2.24) is 19.7 Å². The first-order chi connectivity index (χ1) is 15.9. The van der Waals surface area contributed by atoms with E-state index in [0.29, 0.717) is 16.5 Å². The number of carbonyl (C=O) groups is 1. The maximum Gasteiger partial charge on any atom is 0.227 e. The Bertz CT molecular complexity index is 1370. The minimum absolute atomic E-state index is 0.122. The van der Waals surface area contributed by atoms with Crippen LogP contribution in [0, 0.1) is 20.8 Å². The van der Waals surface area contributed by atoms with E-state index in [1.165, 1.54) is 4.88 Å². The van der Waals surface area contributed by atoms with Crippen LogP contribution in [-0.4, -0.2) is 31.4 Å². The monoisotopic (exact) mass is 476 g/mol. The molecule has 0 spiro atoms. The molecular weight excluding hydrogens is 456 g/mol. The van der Waals surface area contributed by atoms with Crippen LogP contribution < -0.4 is 5.32 Å². The molecule has 1 aromatic carbocycles. The van der Waals surface area contributed by atoms with Gasteiger partial charge in [0.1, 0.15) is 16.9 Å². The highest BCUT2D eigenvalue weighted by molar-refractivity contribution is 7.15. The first kappa shape index (κ1) is 21.5. The van der Waals surface area contributed by atoms with Crippen LogP contribution in [0.4, 0.5) is 5.69 Å². The Morgan fingerprint density at radius 2 is 1.94 bits per heavy atom. The zero-order chi connectivity index (χ0) is 23.1. The van der Waals surface area contributed by atoms with Gasteiger partial charge in [0.25, 0.3) is 0 Å². The molecule has 33 heavy (non-hydrogen) atoms. The fourth-order valence-corrected chi connectivity index (χ4v) is 5.30. The van der Waals surface area contributed by atoms with Gasteiger partial charge in [0, 0.05) is 27.2 Å². The second-order valence-electron chi connectivity index (χ2n) is 7.90. The number of carbonyl (C=O) groups excluding carboxylic acids is 1. The van der Waals surface area contributed by atoms with Crippen LogP contribution in [0.25, 0.3) is 5.00 Å². The lowest BCUT2D eigenvalue weighted by Gasteiger charge is -2.13. The molecule has 7 nitrogen and oxygen atoms in total. The van der Waals surface area contributed by atoms with E-state index in [0.717, 1.165) is 33.2 Å². The molecule has 0 saturated carbocycles. The van der Waals surface area contributed by atoms with Crippen molar-refractivity contribution in [3.63, 3.8) is 0 Å². The molecule has 1 aliphatic rings. The largest absolute Gasteiger partial charge is 0.325 e. The van der Waals surface area contributed by atoms with Crippen LogP contribution in [0.5, 0.6) is 0 Å². The molecule has 166 valence electrons. The van der Waals surface area contributed by atoms with Gasteiger partial charge in [-0.1, -0.05) is 23.7 Å². The number of thiophene rings is 1. The third kappa shape index (κ3) is 3.96. The second kappa shape index (κ2) is 8.53. The van der Waals surface area contributed by atoms with Gasteiger partial charge < -0.3 is 5.32 Å². The fraction of sp³-hybridized carbons (Fsp3) is 0.208. The van der Waals surface area contributed by atoms with E-state index < -0.39 is 6.04 Å².